The molecule has 0 saturated heterocycles. The molecule has 0 unspecified atom stereocenters. The molecular weight excluding hydrogens is 324 g/mol. The van der Waals surface area contributed by atoms with E-state index in [1.165, 1.54) is 0 Å². The van der Waals surface area contributed by atoms with Crippen molar-refractivity contribution in [2.24, 2.45) is 0 Å². The number of amides is 1. The summed E-state index contributed by atoms with van der Waals surface area (Å²) in [6.45, 7) is 9.00. The van der Waals surface area contributed by atoms with Crippen LogP contribution in [0, 0.1) is 13.8 Å². The van der Waals surface area contributed by atoms with E-state index in [2.05, 4.69) is 10.5 Å². The Labute approximate surface area is 146 Å². The van der Waals surface area contributed by atoms with Crippen LogP contribution in [0.4, 0.5) is 10.5 Å². The number of anilines is 1. The van der Waals surface area contributed by atoms with Gasteiger partial charge in [0.2, 0.25) is 0 Å². The lowest BCUT2D eigenvalue weighted by atomic mass is 10.2. The van der Waals surface area contributed by atoms with E-state index in [-0.39, 0.29) is 6.61 Å². The van der Waals surface area contributed by atoms with Crippen LogP contribution in [0.5, 0.6) is 0 Å². The number of carbonyl (C=O) groups excluding carboxylic acids is 2. The van der Waals surface area contributed by atoms with Crippen LogP contribution in [0.1, 0.15) is 48.1 Å². The molecule has 1 aromatic heterocycles. The number of rotatable bonds is 4. The Hall–Kier alpha value is -2.83. The Morgan fingerprint density at radius 3 is 2.32 bits per heavy atom. The maximum absolute atomic E-state index is 12.1. The van der Waals surface area contributed by atoms with Crippen molar-refractivity contribution >= 4 is 17.7 Å². The summed E-state index contributed by atoms with van der Waals surface area (Å²) in [6.07, 6.45) is -0.554. The molecule has 0 aliphatic heterocycles. The van der Waals surface area contributed by atoms with Gasteiger partial charge in [0.05, 0.1) is 16.8 Å². The largest absolute Gasteiger partial charge is 0.457 e. The normalized spacial score (nSPS) is 11.1. The monoisotopic (exact) mass is 346 g/mol. The summed E-state index contributed by atoms with van der Waals surface area (Å²) >= 11 is 0. The fourth-order valence-electron chi connectivity index (χ4n) is 2.04. The van der Waals surface area contributed by atoms with Gasteiger partial charge in [-0.1, -0.05) is 5.16 Å². The van der Waals surface area contributed by atoms with Crippen LogP contribution in [0.25, 0.3) is 0 Å². The van der Waals surface area contributed by atoms with Gasteiger partial charge in [0.25, 0.3) is 0 Å². The molecule has 0 radical (unpaired) electrons. The average Bonchev–Trinajstić information content (AvgIpc) is 2.82. The van der Waals surface area contributed by atoms with Crippen molar-refractivity contribution in [1.29, 1.82) is 0 Å². The van der Waals surface area contributed by atoms with E-state index >= 15 is 0 Å². The average molecular weight is 346 g/mol. The van der Waals surface area contributed by atoms with E-state index in [0.717, 1.165) is 5.56 Å². The van der Waals surface area contributed by atoms with Gasteiger partial charge in [0.15, 0.2) is 0 Å². The minimum Gasteiger partial charge on any atom is -0.457 e. The number of ether oxygens (including phenoxy) is 2. The highest BCUT2D eigenvalue weighted by atomic mass is 16.6. The fourth-order valence-corrected chi connectivity index (χ4v) is 2.04. The van der Waals surface area contributed by atoms with E-state index in [9.17, 15) is 9.59 Å². The molecule has 2 aromatic rings. The molecule has 0 atom stereocenters. The third-order valence-corrected chi connectivity index (χ3v) is 3.29. The Morgan fingerprint density at radius 2 is 1.80 bits per heavy atom. The first-order chi connectivity index (χ1) is 11.7. The quantitative estimate of drug-likeness (QED) is 0.842. The van der Waals surface area contributed by atoms with E-state index in [1.54, 1.807) is 58.9 Å². The highest BCUT2D eigenvalue weighted by Crippen LogP contribution is 2.16. The Bertz CT molecular complexity index is 737. The number of nitrogens with zero attached hydrogens (tertiary/aromatic N) is 1. The van der Waals surface area contributed by atoms with Crippen LogP contribution in [0.3, 0.4) is 0 Å². The molecule has 2 rings (SSSR count). The number of nitrogens with one attached hydrogen (secondary N) is 1. The van der Waals surface area contributed by atoms with Gasteiger partial charge in [-0.25, -0.2) is 9.59 Å². The van der Waals surface area contributed by atoms with Crippen molar-refractivity contribution < 1.29 is 23.6 Å². The first kappa shape index (κ1) is 18.5. The number of aromatic nitrogens is 1. The maximum atomic E-state index is 12.1. The zero-order valence-electron chi connectivity index (χ0n) is 15.0. The summed E-state index contributed by atoms with van der Waals surface area (Å²) in [6, 6.07) is 6.36. The summed E-state index contributed by atoms with van der Waals surface area (Å²) in [5.41, 5.74) is 1.78. The van der Waals surface area contributed by atoms with Crippen molar-refractivity contribution in [2.75, 3.05) is 5.32 Å². The van der Waals surface area contributed by atoms with Crippen LogP contribution in [0.15, 0.2) is 28.8 Å². The first-order valence-electron chi connectivity index (χ1n) is 7.84. The van der Waals surface area contributed by atoms with Gasteiger partial charge in [-0.3, -0.25) is 5.32 Å². The van der Waals surface area contributed by atoms with Crippen LogP contribution in [-0.2, 0) is 16.1 Å². The molecule has 7 nitrogen and oxygen atoms in total. The molecule has 1 amide bonds. The number of benzene rings is 1. The van der Waals surface area contributed by atoms with E-state index in [1.807, 2.05) is 0 Å². The minimum absolute atomic E-state index is 0.0951. The lowest BCUT2D eigenvalue weighted by Crippen LogP contribution is -2.27. The second-order valence-electron chi connectivity index (χ2n) is 6.58. The van der Waals surface area contributed by atoms with E-state index < -0.39 is 17.7 Å². The van der Waals surface area contributed by atoms with Crippen LogP contribution >= 0.6 is 0 Å². The molecule has 0 fully saturated rings. The van der Waals surface area contributed by atoms with Gasteiger partial charge >= 0.3 is 12.1 Å². The van der Waals surface area contributed by atoms with Gasteiger partial charge < -0.3 is 14.0 Å². The number of esters is 1. The van der Waals surface area contributed by atoms with Gasteiger partial charge in [0, 0.05) is 5.69 Å². The third-order valence-electron chi connectivity index (χ3n) is 3.29. The summed E-state index contributed by atoms with van der Waals surface area (Å²) < 4.78 is 15.5. The second-order valence-corrected chi connectivity index (χ2v) is 6.58. The Kier molecular flexibility index (Phi) is 5.46. The molecule has 25 heavy (non-hydrogen) atoms. The smallest absolute Gasteiger partial charge is 0.412 e. The molecule has 0 spiro atoms. The maximum Gasteiger partial charge on any atom is 0.412 e. The summed E-state index contributed by atoms with van der Waals surface area (Å²) in [5, 5.41) is 6.41. The number of hydrogen-bond donors (Lipinski definition) is 1. The van der Waals surface area contributed by atoms with E-state index in [4.69, 9.17) is 14.0 Å². The molecule has 0 saturated carbocycles. The lowest BCUT2D eigenvalue weighted by Gasteiger charge is -2.19. The molecule has 1 N–H and O–H groups in total. The predicted octanol–water partition coefficient (Wildman–Crippen LogP) is 4.00. The summed E-state index contributed by atoms with van der Waals surface area (Å²) in [4.78, 5) is 23.8. The molecular formula is C18H22N2O5. The van der Waals surface area contributed by atoms with Gasteiger partial charge in [0.1, 0.15) is 18.0 Å². The van der Waals surface area contributed by atoms with Crippen LogP contribution in [0.2, 0.25) is 0 Å². The Morgan fingerprint density at radius 1 is 1.16 bits per heavy atom. The summed E-state index contributed by atoms with van der Waals surface area (Å²) in [5.74, 6) is 0.158. The van der Waals surface area contributed by atoms with Crippen molar-refractivity contribution in [2.45, 2.75) is 46.8 Å². The highest BCUT2D eigenvalue weighted by molar-refractivity contribution is 5.91. The molecule has 0 aliphatic carbocycles. The minimum atomic E-state index is -0.577. The summed E-state index contributed by atoms with van der Waals surface area (Å²) in [7, 11) is 0. The first-order valence-corrected chi connectivity index (χ1v) is 7.84. The van der Waals surface area contributed by atoms with Gasteiger partial charge in [-0.05, 0) is 58.9 Å². The third kappa shape index (κ3) is 5.34. The number of aryl methyl sites for hydroxylation is 2. The van der Waals surface area contributed by atoms with Gasteiger partial charge in [-0.2, -0.15) is 0 Å². The zero-order chi connectivity index (χ0) is 18.6. The topological polar surface area (TPSA) is 90.7 Å². The van der Waals surface area contributed by atoms with Crippen molar-refractivity contribution in [3.8, 4) is 0 Å². The van der Waals surface area contributed by atoms with Crippen LogP contribution < -0.4 is 5.32 Å². The SMILES string of the molecule is Cc1noc(C)c1COC(=O)c1ccc(NC(=O)OC(C)(C)C)cc1. The standard InChI is InChI=1S/C18H22N2O5/c1-11-15(12(2)25-20-11)10-23-16(21)13-6-8-14(9-7-13)19-17(22)24-18(3,4)5/h6-9H,10H2,1-5H3,(H,19,22). The molecule has 1 heterocycles. The molecule has 0 aliphatic rings. The van der Waals surface area contributed by atoms with Crippen molar-refractivity contribution in [1.82, 2.24) is 5.16 Å². The van der Waals surface area contributed by atoms with Crippen molar-refractivity contribution in [3.05, 3.63) is 46.8 Å². The second kappa shape index (κ2) is 7.38. The van der Waals surface area contributed by atoms with E-state index in [0.29, 0.717) is 22.7 Å². The molecule has 7 heteroatoms. The lowest BCUT2D eigenvalue weighted by molar-refractivity contribution is 0.0470. The fraction of sp³-hybridized carbons (Fsp3) is 0.389. The number of carbonyl (C=O) groups is 2. The Balaban J connectivity index is 1.93. The number of hydrogen-bond acceptors (Lipinski definition) is 6. The van der Waals surface area contributed by atoms with Crippen LogP contribution in [-0.4, -0.2) is 22.8 Å². The highest BCUT2D eigenvalue weighted by Gasteiger charge is 2.17. The molecule has 1 aromatic carbocycles. The van der Waals surface area contributed by atoms with Gasteiger partial charge in [-0.15, -0.1) is 0 Å². The molecule has 134 valence electrons. The molecule has 0 bridgehead atoms. The zero-order valence-corrected chi connectivity index (χ0v) is 15.0. The van der Waals surface area contributed by atoms with Crippen molar-refractivity contribution in [3.63, 3.8) is 0 Å². The predicted molar refractivity (Wildman–Crippen MR) is 91.4 cm³/mol.